The van der Waals surface area contributed by atoms with Gasteiger partial charge in [-0.3, -0.25) is 4.79 Å². The Labute approximate surface area is 440 Å². The van der Waals surface area contributed by atoms with Crippen LogP contribution in [-0.4, -0.2) is 123 Å². The predicted octanol–water partition coefficient (Wildman–Crippen LogP) is 17.2. The summed E-state index contributed by atoms with van der Waals surface area (Å²) in [6.45, 7) is 35.6. The van der Waals surface area contributed by atoms with Crippen LogP contribution < -0.4 is 10.6 Å². The van der Waals surface area contributed by atoms with Gasteiger partial charge in [0.25, 0.3) is 0 Å². The first kappa shape index (κ1) is 117. The zero-order chi connectivity index (χ0) is 46.3. The lowest BCUT2D eigenvalue weighted by Gasteiger charge is -2.06. The molecule has 0 fully saturated rings. The van der Waals surface area contributed by atoms with Crippen molar-refractivity contribution in [2.75, 3.05) is 99.9 Å². The van der Waals surface area contributed by atoms with Crippen molar-refractivity contribution in [3.63, 3.8) is 0 Å². The highest BCUT2D eigenvalue weighted by Crippen LogP contribution is 2.03. The van der Waals surface area contributed by atoms with Gasteiger partial charge in [0.05, 0.1) is 12.7 Å². The summed E-state index contributed by atoms with van der Waals surface area (Å²) in [5.74, 6) is 0.127. The molecule has 444 valence electrons. The van der Waals surface area contributed by atoms with Crippen molar-refractivity contribution in [2.24, 2.45) is 0 Å². The molecule has 0 rings (SSSR count). The first-order chi connectivity index (χ1) is 28.6. The second-order valence-electron chi connectivity index (χ2n) is 12.7. The maximum atomic E-state index is 10.6. The maximum absolute atomic E-state index is 10.6. The van der Waals surface area contributed by atoms with Crippen molar-refractivity contribution >= 4 is 12.0 Å². The molecule has 0 aromatic heterocycles. The highest BCUT2D eigenvalue weighted by molar-refractivity contribution is 5.75. The number of aliphatic hydroxyl groups excluding tert-OH is 1. The van der Waals surface area contributed by atoms with Crippen molar-refractivity contribution in [3.05, 3.63) is 0 Å². The minimum Gasteiger partial charge on any atom is -0.447 e. The van der Waals surface area contributed by atoms with Crippen molar-refractivity contribution in [3.8, 4) is 0 Å². The van der Waals surface area contributed by atoms with E-state index in [0.29, 0.717) is 46.4 Å². The van der Waals surface area contributed by atoms with Crippen LogP contribution >= 0.6 is 0 Å². The van der Waals surface area contributed by atoms with Crippen molar-refractivity contribution in [1.82, 2.24) is 10.6 Å². The van der Waals surface area contributed by atoms with Crippen molar-refractivity contribution in [1.29, 1.82) is 0 Å². The Kier molecular flexibility index (Phi) is 224. The third-order valence-corrected chi connectivity index (χ3v) is 7.16. The standard InChI is InChI=1S/C9H20O2.C8H18O3.C8H18O2.C7H15NO3.C5H11NO.C5H12.C4H10.10CH4/c1-3-9(10)7-5-6-8-11-4-2;1-3-10-8-11-7-5-4-6-9-2;1-3-5-6-7-10-8-9-4-2;1-3-8-7(9)11-6-5-10-4-2;1-3-5(7)6-4-2;1-3-5-4-2;1-3-4-2;;;;;;;;;;/h9-10H,3-8H2,1-2H3;3-8H2,1-2H3;3-8H2,1-2H3;3-6H2,1-2H3,(H,8,9);3-4H2,1-2H3,(H,6,7);3-5H2,1-2H3;3-4H2,1-2H3;10*1H4. The number of carbonyl (C=O) groups excluding carboxylic acids is 2. The molecule has 0 aromatic rings. The molecule has 1 atom stereocenters. The van der Waals surface area contributed by atoms with Crippen LogP contribution in [0.2, 0.25) is 0 Å². The molecular weight excluding hydrogens is 877 g/mol. The van der Waals surface area contributed by atoms with Crippen LogP contribution in [-0.2, 0) is 42.7 Å². The summed E-state index contributed by atoms with van der Waals surface area (Å²) in [7, 11) is 1.71. The Balaban J connectivity index is -0.0000000303. The lowest BCUT2D eigenvalue weighted by molar-refractivity contribution is -0.120. The summed E-state index contributed by atoms with van der Waals surface area (Å²) in [6, 6.07) is 0. The zero-order valence-electron chi connectivity index (χ0n) is 41.6. The molecule has 0 radical (unpaired) electrons. The number of nitrogens with one attached hydrogen (secondary N) is 2. The van der Waals surface area contributed by atoms with Crippen LogP contribution in [0.1, 0.15) is 261 Å². The quantitative estimate of drug-likeness (QED) is 0.0436. The van der Waals surface area contributed by atoms with Gasteiger partial charge in [-0.05, 0) is 86.5 Å². The van der Waals surface area contributed by atoms with Gasteiger partial charge in [-0.15, -0.1) is 0 Å². The Morgan fingerprint density at radius 2 is 0.797 bits per heavy atom. The lowest BCUT2D eigenvalue weighted by Crippen LogP contribution is -2.25. The number of aliphatic hydroxyl groups is 1. The number of methoxy groups -OCH3 is 1. The molecule has 0 saturated heterocycles. The fraction of sp³-hybridized carbons (Fsp3) is 0.964. The second-order valence-corrected chi connectivity index (χ2v) is 12.7. The monoisotopic (exact) mass is 1020 g/mol. The minimum absolute atomic E-state index is 0. The molecule has 13 heteroatoms. The normalized spacial score (nSPS) is 8.62. The number of unbranched alkanes of at least 4 members (excludes halogenated alkanes) is 7. The number of hydrogen-bond donors (Lipinski definition) is 3. The largest absolute Gasteiger partial charge is 0.447 e. The van der Waals surface area contributed by atoms with E-state index in [9.17, 15) is 14.7 Å². The molecular formula is C56H144N2O11. The first-order valence-corrected chi connectivity index (χ1v) is 23.4. The molecule has 0 aromatic carbocycles. The number of carbonyl (C=O) groups is 2. The highest BCUT2D eigenvalue weighted by Gasteiger charge is 1.99. The van der Waals surface area contributed by atoms with Gasteiger partial charge >= 0.3 is 6.09 Å². The Morgan fingerprint density at radius 1 is 0.420 bits per heavy atom. The fourth-order valence-corrected chi connectivity index (χ4v) is 3.45. The van der Waals surface area contributed by atoms with Gasteiger partial charge < -0.3 is 53.6 Å². The summed E-state index contributed by atoms with van der Waals surface area (Å²) in [5, 5.41) is 14.3. The second kappa shape index (κ2) is 132. The number of ether oxygens (including phenoxy) is 8. The Bertz CT molecular complexity index is 650. The van der Waals surface area contributed by atoms with E-state index in [4.69, 9.17) is 37.9 Å². The Hall–Kier alpha value is -1.58. The SMILES string of the molecule is C.C.C.C.C.C.C.C.C.C.CCCC.CCCCC.CCCCCOCOCC.CCNC(=O)CC.CCNC(=O)OCCOCC.CCOCCCCC(O)CC.CCOCOCCCCOC. The zero-order valence-corrected chi connectivity index (χ0v) is 41.6. The smallest absolute Gasteiger partial charge is 0.407 e. The summed E-state index contributed by atoms with van der Waals surface area (Å²) < 4.78 is 40.0. The number of amides is 2. The summed E-state index contributed by atoms with van der Waals surface area (Å²) >= 11 is 0. The molecule has 0 bridgehead atoms. The van der Waals surface area contributed by atoms with Gasteiger partial charge in [-0.1, -0.05) is 168 Å². The third kappa shape index (κ3) is 177. The molecule has 0 spiro atoms. The maximum Gasteiger partial charge on any atom is 0.407 e. The molecule has 0 aliphatic carbocycles. The summed E-state index contributed by atoms with van der Waals surface area (Å²) in [6.07, 6.45) is 16.5. The topological polar surface area (TPSA) is 152 Å². The van der Waals surface area contributed by atoms with Crippen LogP contribution in [0, 0.1) is 0 Å². The van der Waals surface area contributed by atoms with Crippen molar-refractivity contribution < 1.29 is 52.6 Å². The van der Waals surface area contributed by atoms with E-state index in [1.165, 1.54) is 44.9 Å². The van der Waals surface area contributed by atoms with E-state index in [1.54, 1.807) is 7.11 Å². The van der Waals surface area contributed by atoms with E-state index in [-0.39, 0.29) is 92.4 Å². The summed E-state index contributed by atoms with van der Waals surface area (Å²) in [5.41, 5.74) is 0. The van der Waals surface area contributed by atoms with Gasteiger partial charge in [0.2, 0.25) is 5.91 Å². The van der Waals surface area contributed by atoms with E-state index in [1.807, 2.05) is 55.4 Å². The van der Waals surface area contributed by atoms with Crippen LogP contribution in [0.25, 0.3) is 0 Å². The van der Waals surface area contributed by atoms with Crippen LogP contribution in [0.3, 0.4) is 0 Å². The third-order valence-electron chi connectivity index (χ3n) is 7.16. The van der Waals surface area contributed by atoms with Gasteiger partial charge in [-0.25, -0.2) is 4.79 Å². The molecule has 0 aliphatic heterocycles. The molecule has 2 amide bonds. The van der Waals surface area contributed by atoms with Gasteiger partial charge in [0.1, 0.15) is 20.2 Å². The van der Waals surface area contributed by atoms with E-state index >= 15 is 0 Å². The van der Waals surface area contributed by atoms with Gasteiger partial charge in [0, 0.05) is 79.5 Å². The molecule has 3 N–H and O–H groups in total. The predicted molar refractivity (Wildman–Crippen MR) is 316 cm³/mol. The Morgan fingerprint density at radius 3 is 1.12 bits per heavy atom. The first-order valence-electron chi connectivity index (χ1n) is 23.4. The average molecular weight is 1020 g/mol. The summed E-state index contributed by atoms with van der Waals surface area (Å²) in [4.78, 5) is 20.9. The van der Waals surface area contributed by atoms with Crippen LogP contribution in [0.15, 0.2) is 0 Å². The molecule has 0 aliphatic rings. The van der Waals surface area contributed by atoms with Crippen LogP contribution in [0.5, 0.6) is 0 Å². The van der Waals surface area contributed by atoms with Crippen LogP contribution in [0.4, 0.5) is 4.79 Å². The molecule has 0 saturated carbocycles. The number of hydrogen-bond acceptors (Lipinski definition) is 11. The molecule has 69 heavy (non-hydrogen) atoms. The van der Waals surface area contributed by atoms with Gasteiger partial charge in [0.15, 0.2) is 0 Å². The van der Waals surface area contributed by atoms with E-state index in [2.05, 4.69) is 45.3 Å². The van der Waals surface area contributed by atoms with E-state index < -0.39 is 0 Å². The molecule has 13 nitrogen and oxygen atoms in total. The van der Waals surface area contributed by atoms with Crippen molar-refractivity contribution in [2.45, 2.75) is 267 Å². The number of rotatable bonds is 32. The molecule has 0 heterocycles. The number of alkyl carbamates (subject to hydrolysis) is 1. The van der Waals surface area contributed by atoms with E-state index in [0.717, 1.165) is 97.7 Å². The van der Waals surface area contributed by atoms with Gasteiger partial charge in [-0.2, -0.15) is 0 Å². The highest BCUT2D eigenvalue weighted by atomic mass is 16.7. The fourth-order valence-electron chi connectivity index (χ4n) is 3.45. The average Bonchev–Trinajstić information content (AvgIpc) is 3.25. The minimum atomic E-state index is -0.382. The molecule has 1 unspecified atom stereocenters. The lowest BCUT2D eigenvalue weighted by atomic mass is 10.1.